The maximum Gasteiger partial charge on any atom is 0.0845 e. The monoisotopic (exact) mass is 272 g/mol. The zero-order valence-electron chi connectivity index (χ0n) is 12.8. The maximum absolute atomic E-state index is 4.21. The minimum absolute atomic E-state index is 0.298. The van der Waals surface area contributed by atoms with E-state index in [0.29, 0.717) is 6.04 Å². The summed E-state index contributed by atoms with van der Waals surface area (Å²) in [5.74, 6) is 0. The number of hydrogen-bond acceptors (Lipinski definition) is 3. The van der Waals surface area contributed by atoms with Crippen molar-refractivity contribution in [3.05, 3.63) is 46.8 Å². The van der Waals surface area contributed by atoms with Crippen molar-refractivity contribution < 1.29 is 0 Å². The number of nitrogens with one attached hydrogen (secondary N) is 1. The highest BCUT2D eigenvalue weighted by atomic mass is 15.4. The minimum Gasteiger partial charge on any atom is -0.310 e. The third kappa shape index (κ3) is 3.67. The molecule has 2 aromatic rings. The molecule has 0 radical (unpaired) electrons. The second kappa shape index (κ2) is 6.66. The van der Waals surface area contributed by atoms with Gasteiger partial charge in [-0.15, -0.1) is 5.10 Å². The second-order valence-electron chi connectivity index (χ2n) is 5.45. The van der Waals surface area contributed by atoms with Crippen LogP contribution in [0.3, 0.4) is 0 Å². The van der Waals surface area contributed by atoms with Gasteiger partial charge in [-0.2, -0.15) is 0 Å². The van der Waals surface area contributed by atoms with Gasteiger partial charge in [0.2, 0.25) is 0 Å². The average Bonchev–Trinajstić information content (AvgIpc) is 2.83. The third-order valence-electron chi connectivity index (χ3n) is 3.51. The Balaban J connectivity index is 2.24. The Labute approximate surface area is 121 Å². The summed E-state index contributed by atoms with van der Waals surface area (Å²) < 4.78 is 1.76. The van der Waals surface area contributed by atoms with Crippen LogP contribution in [0.4, 0.5) is 0 Å². The molecule has 0 aliphatic rings. The van der Waals surface area contributed by atoms with Crippen molar-refractivity contribution in [1.82, 2.24) is 20.3 Å². The van der Waals surface area contributed by atoms with Crippen LogP contribution in [0.5, 0.6) is 0 Å². The molecule has 1 heterocycles. The minimum atomic E-state index is 0.298. The van der Waals surface area contributed by atoms with Crippen molar-refractivity contribution in [2.45, 2.75) is 39.7 Å². The zero-order chi connectivity index (χ0) is 14.5. The Bertz CT molecular complexity index is 559. The molecule has 4 heteroatoms. The molecule has 4 nitrogen and oxygen atoms in total. The van der Waals surface area contributed by atoms with Crippen LogP contribution >= 0.6 is 0 Å². The molecule has 108 valence electrons. The number of aromatic nitrogens is 3. The molecule has 1 atom stereocenters. The van der Waals surface area contributed by atoms with E-state index >= 15 is 0 Å². The van der Waals surface area contributed by atoms with Crippen molar-refractivity contribution in [2.24, 2.45) is 7.05 Å². The Hall–Kier alpha value is -1.68. The Kier molecular flexibility index (Phi) is 4.90. The molecular weight excluding hydrogens is 248 g/mol. The van der Waals surface area contributed by atoms with Crippen LogP contribution in [0.25, 0.3) is 0 Å². The molecule has 0 bridgehead atoms. The van der Waals surface area contributed by atoms with E-state index in [0.717, 1.165) is 25.1 Å². The van der Waals surface area contributed by atoms with E-state index in [1.807, 2.05) is 13.2 Å². The van der Waals surface area contributed by atoms with Gasteiger partial charge in [-0.25, -0.2) is 0 Å². The molecule has 0 saturated heterocycles. The van der Waals surface area contributed by atoms with Crippen LogP contribution in [0.15, 0.2) is 24.4 Å². The van der Waals surface area contributed by atoms with E-state index in [1.54, 1.807) is 4.68 Å². The molecule has 0 saturated carbocycles. The highest BCUT2D eigenvalue weighted by Crippen LogP contribution is 2.22. The van der Waals surface area contributed by atoms with Gasteiger partial charge in [-0.3, -0.25) is 4.68 Å². The maximum atomic E-state index is 4.21. The number of benzene rings is 1. The SMILES string of the molecule is CCCNC(Cc1cn(C)nn1)c1cc(C)ccc1C. The number of rotatable bonds is 6. The van der Waals surface area contributed by atoms with Gasteiger partial charge in [-0.05, 0) is 37.9 Å². The topological polar surface area (TPSA) is 42.7 Å². The fourth-order valence-corrected chi connectivity index (χ4v) is 2.44. The summed E-state index contributed by atoms with van der Waals surface area (Å²) in [7, 11) is 1.91. The Morgan fingerprint density at radius 3 is 2.75 bits per heavy atom. The van der Waals surface area contributed by atoms with Crippen LogP contribution in [-0.2, 0) is 13.5 Å². The molecule has 0 amide bonds. The predicted molar refractivity (Wildman–Crippen MR) is 81.7 cm³/mol. The first kappa shape index (κ1) is 14.7. The standard InChI is InChI=1S/C16H24N4/c1-5-8-17-16(10-14-11-20(4)19-18-14)15-9-12(2)6-7-13(15)3/h6-7,9,11,16-17H,5,8,10H2,1-4H3. The van der Waals surface area contributed by atoms with Crippen molar-refractivity contribution in [3.8, 4) is 0 Å². The quantitative estimate of drug-likeness (QED) is 0.879. The number of aryl methyl sites for hydroxylation is 3. The molecule has 0 spiro atoms. The summed E-state index contributed by atoms with van der Waals surface area (Å²) in [5, 5.41) is 11.9. The van der Waals surface area contributed by atoms with Gasteiger partial charge < -0.3 is 5.32 Å². The van der Waals surface area contributed by atoms with Gasteiger partial charge in [0.05, 0.1) is 5.69 Å². The fraction of sp³-hybridized carbons (Fsp3) is 0.500. The molecule has 20 heavy (non-hydrogen) atoms. The number of hydrogen-bond donors (Lipinski definition) is 1. The van der Waals surface area contributed by atoms with E-state index in [1.165, 1.54) is 16.7 Å². The van der Waals surface area contributed by atoms with Gasteiger partial charge in [0.15, 0.2) is 0 Å². The summed E-state index contributed by atoms with van der Waals surface area (Å²) in [5.41, 5.74) is 5.02. The van der Waals surface area contributed by atoms with E-state index in [4.69, 9.17) is 0 Å². The molecule has 0 fully saturated rings. The van der Waals surface area contributed by atoms with Gasteiger partial charge in [0.25, 0.3) is 0 Å². The molecule has 0 aliphatic carbocycles. The van der Waals surface area contributed by atoms with Crippen molar-refractivity contribution in [2.75, 3.05) is 6.54 Å². The predicted octanol–water partition coefficient (Wildman–Crippen LogP) is 2.72. The van der Waals surface area contributed by atoms with Crippen molar-refractivity contribution >= 4 is 0 Å². The highest BCUT2D eigenvalue weighted by Gasteiger charge is 2.15. The van der Waals surface area contributed by atoms with E-state index in [2.05, 4.69) is 54.6 Å². The molecule has 0 aliphatic heterocycles. The van der Waals surface area contributed by atoms with Crippen LogP contribution < -0.4 is 5.32 Å². The van der Waals surface area contributed by atoms with Crippen LogP contribution in [0.2, 0.25) is 0 Å². The Morgan fingerprint density at radius 2 is 2.10 bits per heavy atom. The Morgan fingerprint density at radius 1 is 1.30 bits per heavy atom. The molecule has 1 N–H and O–H groups in total. The molecule has 1 unspecified atom stereocenters. The summed E-state index contributed by atoms with van der Waals surface area (Å²) in [6.45, 7) is 7.52. The van der Waals surface area contributed by atoms with Gasteiger partial charge >= 0.3 is 0 Å². The first-order valence-electron chi connectivity index (χ1n) is 7.26. The lowest BCUT2D eigenvalue weighted by Gasteiger charge is -2.20. The second-order valence-corrected chi connectivity index (χ2v) is 5.45. The summed E-state index contributed by atoms with van der Waals surface area (Å²) in [6.07, 6.45) is 3.99. The molecule has 1 aromatic carbocycles. The normalized spacial score (nSPS) is 12.6. The lowest BCUT2D eigenvalue weighted by Crippen LogP contribution is -2.25. The summed E-state index contributed by atoms with van der Waals surface area (Å²) in [6, 6.07) is 6.94. The average molecular weight is 272 g/mol. The lowest BCUT2D eigenvalue weighted by molar-refractivity contribution is 0.521. The summed E-state index contributed by atoms with van der Waals surface area (Å²) >= 11 is 0. The third-order valence-corrected chi connectivity index (χ3v) is 3.51. The van der Waals surface area contributed by atoms with Gasteiger partial charge in [-0.1, -0.05) is 35.9 Å². The smallest absolute Gasteiger partial charge is 0.0845 e. The van der Waals surface area contributed by atoms with E-state index < -0.39 is 0 Å². The largest absolute Gasteiger partial charge is 0.310 e. The van der Waals surface area contributed by atoms with E-state index in [-0.39, 0.29) is 0 Å². The van der Waals surface area contributed by atoms with Gasteiger partial charge in [0.1, 0.15) is 0 Å². The van der Waals surface area contributed by atoms with Crippen LogP contribution in [0.1, 0.15) is 41.8 Å². The molecule has 2 rings (SSSR count). The number of nitrogens with zero attached hydrogens (tertiary/aromatic N) is 3. The van der Waals surface area contributed by atoms with Gasteiger partial charge in [0, 0.05) is 25.7 Å². The lowest BCUT2D eigenvalue weighted by atomic mass is 9.95. The first-order chi connectivity index (χ1) is 9.60. The molecular formula is C16H24N4. The van der Waals surface area contributed by atoms with Crippen LogP contribution in [-0.4, -0.2) is 21.5 Å². The summed E-state index contributed by atoms with van der Waals surface area (Å²) in [4.78, 5) is 0. The van der Waals surface area contributed by atoms with E-state index in [9.17, 15) is 0 Å². The molecule has 1 aromatic heterocycles. The zero-order valence-corrected chi connectivity index (χ0v) is 12.8. The van der Waals surface area contributed by atoms with Crippen molar-refractivity contribution in [3.63, 3.8) is 0 Å². The highest BCUT2D eigenvalue weighted by molar-refractivity contribution is 5.33. The first-order valence-corrected chi connectivity index (χ1v) is 7.26. The fourth-order valence-electron chi connectivity index (χ4n) is 2.44. The van der Waals surface area contributed by atoms with Crippen molar-refractivity contribution in [1.29, 1.82) is 0 Å². The van der Waals surface area contributed by atoms with Crippen LogP contribution in [0, 0.1) is 13.8 Å².